The minimum absolute atomic E-state index is 0.294. The molecular weight excluding hydrogens is 240 g/mol. The molecule has 0 saturated heterocycles. The Morgan fingerprint density at radius 2 is 2.29 bits per heavy atom. The summed E-state index contributed by atoms with van der Waals surface area (Å²) >= 11 is 5.83. The van der Waals surface area contributed by atoms with Gasteiger partial charge in [-0.2, -0.15) is 0 Å². The molecule has 1 N–H and O–H groups in total. The predicted molar refractivity (Wildman–Crippen MR) is 67.1 cm³/mol. The molecule has 0 bridgehead atoms. The van der Waals surface area contributed by atoms with E-state index in [1.54, 1.807) is 19.1 Å². The second-order valence-electron chi connectivity index (χ2n) is 3.53. The fraction of sp³-hybridized carbons (Fsp3) is 0.308. The first kappa shape index (κ1) is 13.7. The zero-order valence-electron chi connectivity index (χ0n) is 9.65. The lowest BCUT2D eigenvalue weighted by Gasteiger charge is -2.03. The number of hydrogen-bond acceptors (Lipinski definition) is 2. The van der Waals surface area contributed by atoms with Gasteiger partial charge in [-0.05, 0) is 30.2 Å². The van der Waals surface area contributed by atoms with E-state index < -0.39 is 5.97 Å². The van der Waals surface area contributed by atoms with E-state index >= 15 is 0 Å². The van der Waals surface area contributed by atoms with Crippen molar-refractivity contribution in [3.05, 3.63) is 46.5 Å². The van der Waals surface area contributed by atoms with Gasteiger partial charge in [0.25, 0.3) is 0 Å². The average Bonchev–Trinajstić information content (AvgIpc) is 2.28. The molecule has 1 aromatic rings. The van der Waals surface area contributed by atoms with Gasteiger partial charge in [-0.3, -0.25) is 0 Å². The largest absolute Gasteiger partial charge is 0.478 e. The Balaban J connectivity index is 2.40. The lowest BCUT2D eigenvalue weighted by Crippen LogP contribution is -2.01. The number of hydrogen-bond donors (Lipinski definition) is 1. The first-order valence-corrected chi connectivity index (χ1v) is 5.75. The van der Waals surface area contributed by atoms with E-state index in [9.17, 15) is 4.79 Å². The number of rotatable bonds is 6. The van der Waals surface area contributed by atoms with Crippen LogP contribution < -0.4 is 0 Å². The van der Waals surface area contributed by atoms with Gasteiger partial charge in [-0.1, -0.05) is 30.7 Å². The third-order valence-electron chi connectivity index (χ3n) is 2.26. The van der Waals surface area contributed by atoms with Crippen molar-refractivity contribution < 1.29 is 14.6 Å². The van der Waals surface area contributed by atoms with E-state index in [4.69, 9.17) is 21.4 Å². The number of carbonyl (C=O) groups is 1. The van der Waals surface area contributed by atoms with E-state index in [0.717, 1.165) is 5.56 Å². The molecule has 0 heterocycles. The van der Waals surface area contributed by atoms with Gasteiger partial charge in [0.05, 0.1) is 13.2 Å². The van der Waals surface area contributed by atoms with Gasteiger partial charge in [-0.25, -0.2) is 4.79 Å². The Hall–Kier alpha value is -1.32. The summed E-state index contributed by atoms with van der Waals surface area (Å²) in [5.74, 6) is -0.890. The van der Waals surface area contributed by atoms with Gasteiger partial charge in [-0.15, -0.1) is 0 Å². The van der Waals surface area contributed by atoms with E-state index in [1.165, 1.54) is 0 Å². The van der Waals surface area contributed by atoms with Gasteiger partial charge < -0.3 is 9.84 Å². The maximum Gasteiger partial charge on any atom is 0.331 e. The molecule has 1 rings (SSSR count). The van der Waals surface area contributed by atoms with Crippen LogP contribution in [0.4, 0.5) is 0 Å². The number of halogens is 1. The van der Waals surface area contributed by atoms with Crippen molar-refractivity contribution in [2.45, 2.75) is 20.0 Å². The van der Waals surface area contributed by atoms with Crippen LogP contribution >= 0.6 is 11.6 Å². The summed E-state index contributed by atoms with van der Waals surface area (Å²) in [6.07, 6.45) is 2.09. The van der Waals surface area contributed by atoms with Crippen LogP contribution in [-0.2, 0) is 16.1 Å². The Morgan fingerprint density at radius 1 is 1.53 bits per heavy atom. The molecule has 0 spiro atoms. The molecule has 0 atom stereocenters. The summed E-state index contributed by atoms with van der Waals surface area (Å²) in [5, 5.41) is 9.45. The molecule has 0 aliphatic rings. The summed E-state index contributed by atoms with van der Waals surface area (Å²) < 4.78 is 5.36. The third kappa shape index (κ3) is 5.02. The van der Waals surface area contributed by atoms with Gasteiger partial charge in [0.2, 0.25) is 0 Å². The van der Waals surface area contributed by atoms with Crippen LogP contribution in [0.25, 0.3) is 0 Å². The number of carboxylic acids is 1. The first-order chi connectivity index (χ1) is 8.13. The smallest absolute Gasteiger partial charge is 0.331 e. The molecule has 0 saturated carbocycles. The lowest BCUT2D eigenvalue weighted by molar-refractivity contribution is -0.132. The molecule has 0 unspecified atom stereocenters. The van der Waals surface area contributed by atoms with Crippen molar-refractivity contribution >= 4 is 17.6 Å². The van der Waals surface area contributed by atoms with Crippen LogP contribution in [0.2, 0.25) is 5.02 Å². The third-order valence-corrected chi connectivity index (χ3v) is 2.50. The first-order valence-electron chi connectivity index (χ1n) is 5.38. The van der Waals surface area contributed by atoms with Crippen molar-refractivity contribution in [2.24, 2.45) is 0 Å². The number of aliphatic carboxylic acids is 1. The quantitative estimate of drug-likeness (QED) is 0.626. The topological polar surface area (TPSA) is 46.5 Å². The summed E-state index contributed by atoms with van der Waals surface area (Å²) in [7, 11) is 0. The van der Waals surface area contributed by atoms with Gasteiger partial charge >= 0.3 is 5.97 Å². The van der Waals surface area contributed by atoms with Crippen molar-refractivity contribution in [3.63, 3.8) is 0 Å². The van der Waals surface area contributed by atoms with E-state index in [0.29, 0.717) is 30.2 Å². The fourth-order valence-corrected chi connectivity index (χ4v) is 1.56. The summed E-state index contributed by atoms with van der Waals surface area (Å²) in [6.45, 7) is 2.52. The van der Waals surface area contributed by atoms with E-state index in [1.807, 2.05) is 18.2 Å². The highest BCUT2D eigenvalue weighted by Gasteiger charge is 2.02. The highest BCUT2D eigenvalue weighted by Crippen LogP contribution is 2.11. The van der Waals surface area contributed by atoms with Crippen LogP contribution in [0.3, 0.4) is 0 Å². The van der Waals surface area contributed by atoms with Crippen LogP contribution in [0.15, 0.2) is 35.9 Å². The molecule has 0 radical (unpaired) electrons. The second-order valence-corrected chi connectivity index (χ2v) is 3.97. The zero-order valence-corrected chi connectivity index (χ0v) is 10.4. The number of ether oxygens (including phenoxy) is 1. The SMILES string of the molecule is CCC(=CCOCc1cccc(Cl)c1)C(=O)O. The van der Waals surface area contributed by atoms with Gasteiger partial charge in [0.15, 0.2) is 0 Å². The minimum atomic E-state index is -0.890. The van der Waals surface area contributed by atoms with Crippen LogP contribution in [-0.4, -0.2) is 17.7 Å². The molecule has 0 amide bonds. The minimum Gasteiger partial charge on any atom is -0.478 e. The predicted octanol–water partition coefficient (Wildman–Crippen LogP) is 3.28. The standard InChI is InChI=1S/C13H15ClO3/c1-2-11(13(15)16)6-7-17-9-10-4-3-5-12(14)8-10/h3-6,8H,2,7,9H2,1H3,(H,15,16). The molecule has 0 fully saturated rings. The molecule has 0 aliphatic heterocycles. The molecule has 3 nitrogen and oxygen atoms in total. The molecule has 1 aromatic carbocycles. The molecule has 0 aromatic heterocycles. The Morgan fingerprint density at radius 3 is 2.88 bits per heavy atom. The van der Waals surface area contributed by atoms with Gasteiger partial charge in [0.1, 0.15) is 0 Å². The number of carboxylic acid groups (broad SMARTS) is 1. The maximum absolute atomic E-state index is 10.7. The lowest BCUT2D eigenvalue weighted by atomic mass is 10.2. The highest BCUT2D eigenvalue weighted by atomic mass is 35.5. The summed E-state index contributed by atoms with van der Waals surface area (Å²) in [4.78, 5) is 10.7. The molecule has 0 aliphatic carbocycles. The Labute approximate surface area is 106 Å². The van der Waals surface area contributed by atoms with E-state index in [2.05, 4.69) is 0 Å². The van der Waals surface area contributed by atoms with Gasteiger partial charge in [0, 0.05) is 10.6 Å². The summed E-state index contributed by atoms with van der Waals surface area (Å²) in [5.41, 5.74) is 1.34. The van der Waals surface area contributed by atoms with Crippen molar-refractivity contribution in [1.29, 1.82) is 0 Å². The monoisotopic (exact) mass is 254 g/mol. The molecule has 4 heteroatoms. The Kier molecular flexibility index (Phi) is 5.73. The summed E-state index contributed by atoms with van der Waals surface area (Å²) in [6, 6.07) is 7.38. The van der Waals surface area contributed by atoms with Crippen molar-refractivity contribution in [3.8, 4) is 0 Å². The van der Waals surface area contributed by atoms with Crippen molar-refractivity contribution in [2.75, 3.05) is 6.61 Å². The van der Waals surface area contributed by atoms with Crippen LogP contribution in [0, 0.1) is 0 Å². The zero-order chi connectivity index (χ0) is 12.7. The van der Waals surface area contributed by atoms with Crippen molar-refractivity contribution in [1.82, 2.24) is 0 Å². The Bertz CT molecular complexity index is 413. The molecule has 17 heavy (non-hydrogen) atoms. The van der Waals surface area contributed by atoms with Crippen LogP contribution in [0.1, 0.15) is 18.9 Å². The number of benzene rings is 1. The maximum atomic E-state index is 10.7. The van der Waals surface area contributed by atoms with E-state index in [-0.39, 0.29) is 0 Å². The highest BCUT2D eigenvalue weighted by molar-refractivity contribution is 6.30. The molecular formula is C13H15ClO3. The average molecular weight is 255 g/mol. The second kappa shape index (κ2) is 7.09. The molecule has 92 valence electrons. The van der Waals surface area contributed by atoms with Crippen LogP contribution in [0.5, 0.6) is 0 Å². The fourth-order valence-electron chi connectivity index (χ4n) is 1.35. The normalized spacial score (nSPS) is 11.5.